The Morgan fingerprint density at radius 2 is 1.88 bits per heavy atom. The zero-order chi connectivity index (χ0) is 17.6. The molecule has 0 aromatic carbocycles. The first-order chi connectivity index (χ1) is 12.1. The van der Waals surface area contributed by atoms with E-state index in [1.54, 1.807) is 0 Å². The molecule has 2 aliphatic rings. The molecule has 2 aromatic heterocycles. The maximum atomic E-state index is 13.1. The molecule has 1 aliphatic heterocycles. The van der Waals surface area contributed by atoms with Crippen LogP contribution in [0.1, 0.15) is 53.2 Å². The molecule has 0 atom stereocenters. The largest absolute Gasteiger partial charge is 0.383 e. The maximum absolute atomic E-state index is 13.1. The third kappa shape index (κ3) is 2.82. The Morgan fingerprint density at radius 1 is 1.08 bits per heavy atom. The smallest absolute Gasteiger partial charge is 0.262 e. The second-order valence-corrected chi connectivity index (χ2v) is 8.19. The molecule has 132 valence electrons. The Morgan fingerprint density at radius 3 is 2.68 bits per heavy atom. The van der Waals surface area contributed by atoms with Crippen molar-refractivity contribution < 1.29 is 4.79 Å². The fraction of sp³-hybridized carbons (Fsp3) is 0.526. The number of ketones is 1. The number of rotatable bonds is 1. The number of allylic oxidation sites excluding steroid dienone is 1. The van der Waals surface area contributed by atoms with E-state index in [-0.39, 0.29) is 11.3 Å². The van der Waals surface area contributed by atoms with Crippen molar-refractivity contribution in [1.29, 1.82) is 0 Å². The van der Waals surface area contributed by atoms with Gasteiger partial charge in [0.25, 0.3) is 5.56 Å². The van der Waals surface area contributed by atoms with Gasteiger partial charge in [-0.15, -0.1) is 11.3 Å². The molecule has 5 nitrogen and oxygen atoms in total. The van der Waals surface area contributed by atoms with Crippen LogP contribution in [0.5, 0.6) is 0 Å². The van der Waals surface area contributed by atoms with Crippen molar-refractivity contribution in [2.75, 3.05) is 14.1 Å². The van der Waals surface area contributed by atoms with E-state index in [1.165, 1.54) is 24.2 Å². The first kappa shape index (κ1) is 16.5. The number of aromatic nitrogens is 2. The van der Waals surface area contributed by atoms with Crippen LogP contribution in [0.3, 0.4) is 0 Å². The summed E-state index contributed by atoms with van der Waals surface area (Å²) in [6.45, 7) is 0.751. The van der Waals surface area contributed by atoms with Crippen molar-refractivity contribution in [2.24, 2.45) is 0 Å². The summed E-state index contributed by atoms with van der Waals surface area (Å²) in [5.41, 5.74) is 1.81. The Bertz CT molecular complexity index is 936. The van der Waals surface area contributed by atoms with Gasteiger partial charge in [-0.1, -0.05) is 12.8 Å². The molecule has 0 fully saturated rings. The SMILES string of the molecule is CN(C)/C=C1\CCc2c(sc3nc4n(c(=O)c23)CCCCCC4)C1=O. The van der Waals surface area contributed by atoms with Crippen molar-refractivity contribution in [1.82, 2.24) is 14.5 Å². The third-order valence-corrected chi connectivity index (χ3v) is 6.20. The van der Waals surface area contributed by atoms with Crippen LogP contribution >= 0.6 is 11.3 Å². The van der Waals surface area contributed by atoms with Crippen LogP contribution in [-0.4, -0.2) is 34.3 Å². The van der Waals surface area contributed by atoms with Crippen molar-refractivity contribution in [2.45, 2.75) is 51.5 Å². The van der Waals surface area contributed by atoms with E-state index in [9.17, 15) is 9.59 Å². The van der Waals surface area contributed by atoms with Crippen LogP contribution in [0.15, 0.2) is 16.6 Å². The highest BCUT2D eigenvalue weighted by molar-refractivity contribution is 7.20. The van der Waals surface area contributed by atoms with Gasteiger partial charge < -0.3 is 4.90 Å². The second kappa shape index (κ2) is 6.41. The fourth-order valence-corrected chi connectivity index (χ4v) is 5.09. The molecule has 0 unspecified atom stereocenters. The van der Waals surface area contributed by atoms with Crippen molar-refractivity contribution in [3.05, 3.63) is 38.4 Å². The highest BCUT2D eigenvalue weighted by Crippen LogP contribution is 2.36. The van der Waals surface area contributed by atoms with Gasteiger partial charge in [-0.2, -0.15) is 0 Å². The van der Waals surface area contributed by atoms with Crippen LogP contribution in [0.25, 0.3) is 10.2 Å². The summed E-state index contributed by atoms with van der Waals surface area (Å²) >= 11 is 1.40. The standard InChI is InChI=1S/C19H23N3O2S/c1-21(2)11-12-8-9-13-15-18(25-17(13)16(12)23)20-14-7-5-3-4-6-10-22(14)19(15)24/h11H,3-10H2,1-2H3/b12-11+. The van der Waals surface area contributed by atoms with Crippen molar-refractivity contribution in [3.8, 4) is 0 Å². The van der Waals surface area contributed by atoms with Crippen LogP contribution in [-0.2, 0) is 19.4 Å². The summed E-state index contributed by atoms with van der Waals surface area (Å²) in [6.07, 6.45) is 8.67. The van der Waals surface area contributed by atoms with Gasteiger partial charge in [-0.05, 0) is 31.2 Å². The molecule has 0 bridgehead atoms. The molecule has 25 heavy (non-hydrogen) atoms. The number of hydrogen-bond acceptors (Lipinski definition) is 5. The molecule has 0 saturated carbocycles. The lowest BCUT2D eigenvalue weighted by Crippen LogP contribution is -2.27. The molecule has 4 rings (SSSR count). The monoisotopic (exact) mass is 357 g/mol. The Balaban J connectivity index is 1.89. The molecular formula is C19H23N3O2S. The summed E-state index contributed by atoms with van der Waals surface area (Å²) in [5, 5.41) is 0.696. The minimum atomic E-state index is 0.0623. The van der Waals surface area contributed by atoms with Gasteiger partial charge >= 0.3 is 0 Å². The minimum Gasteiger partial charge on any atom is -0.383 e. The van der Waals surface area contributed by atoms with Crippen LogP contribution < -0.4 is 5.56 Å². The summed E-state index contributed by atoms with van der Waals surface area (Å²) in [7, 11) is 3.85. The van der Waals surface area contributed by atoms with E-state index in [2.05, 4.69) is 0 Å². The number of aryl methyl sites for hydroxylation is 2. The van der Waals surface area contributed by atoms with Gasteiger partial charge in [0.15, 0.2) is 0 Å². The first-order valence-electron chi connectivity index (χ1n) is 9.03. The number of carbonyl (C=O) groups is 1. The quantitative estimate of drug-likeness (QED) is 0.736. The van der Waals surface area contributed by atoms with Crippen LogP contribution in [0.2, 0.25) is 0 Å². The molecule has 0 radical (unpaired) electrons. The Labute approximate surface area is 151 Å². The Hall–Kier alpha value is -1.95. The molecular weight excluding hydrogens is 334 g/mol. The number of nitrogens with zero attached hydrogens (tertiary/aromatic N) is 3. The van der Waals surface area contributed by atoms with E-state index < -0.39 is 0 Å². The van der Waals surface area contributed by atoms with Crippen molar-refractivity contribution >= 4 is 27.3 Å². The zero-order valence-electron chi connectivity index (χ0n) is 14.8. The maximum Gasteiger partial charge on any atom is 0.262 e. The predicted molar refractivity (Wildman–Crippen MR) is 100 cm³/mol. The average molecular weight is 357 g/mol. The van der Waals surface area contributed by atoms with E-state index >= 15 is 0 Å². The van der Waals surface area contributed by atoms with E-state index in [0.29, 0.717) is 11.8 Å². The van der Waals surface area contributed by atoms with E-state index in [0.717, 1.165) is 58.9 Å². The number of fused-ring (bicyclic) bond motifs is 4. The predicted octanol–water partition coefficient (Wildman–Crippen LogP) is 3.15. The number of Topliss-reactive ketones (excluding diaryl/α,β-unsaturated/α-hetero) is 1. The third-order valence-electron chi connectivity index (χ3n) is 5.08. The van der Waals surface area contributed by atoms with Gasteiger partial charge in [0.1, 0.15) is 10.7 Å². The molecule has 3 heterocycles. The summed E-state index contributed by atoms with van der Waals surface area (Å²) in [6, 6.07) is 0. The number of carbonyl (C=O) groups excluding carboxylic acids is 1. The highest BCUT2D eigenvalue weighted by Gasteiger charge is 2.29. The molecule has 0 spiro atoms. The fourth-order valence-electron chi connectivity index (χ4n) is 3.88. The van der Waals surface area contributed by atoms with Gasteiger partial charge in [-0.25, -0.2) is 4.98 Å². The van der Waals surface area contributed by atoms with Gasteiger partial charge in [0.2, 0.25) is 5.78 Å². The van der Waals surface area contributed by atoms with E-state index in [1.807, 2.05) is 29.8 Å². The summed E-state index contributed by atoms with van der Waals surface area (Å²) in [5.74, 6) is 0.960. The topological polar surface area (TPSA) is 55.2 Å². The lowest BCUT2D eigenvalue weighted by Gasteiger charge is -2.17. The number of hydrogen-bond donors (Lipinski definition) is 0. The average Bonchev–Trinajstić information content (AvgIpc) is 2.91. The lowest BCUT2D eigenvalue weighted by atomic mass is 9.92. The van der Waals surface area contributed by atoms with Crippen LogP contribution in [0, 0.1) is 0 Å². The minimum absolute atomic E-state index is 0.0623. The van der Waals surface area contributed by atoms with Gasteiger partial charge in [0.05, 0.1) is 10.3 Å². The van der Waals surface area contributed by atoms with Crippen LogP contribution in [0.4, 0.5) is 0 Å². The normalized spacial score (nSPS) is 19.4. The number of thiophene rings is 1. The molecule has 1 aliphatic carbocycles. The highest BCUT2D eigenvalue weighted by atomic mass is 32.1. The summed E-state index contributed by atoms with van der Waals surface area (Å²) < 4.78 is 1.87. The van der Waals surface area contributed by atoms with E-state index in [4.69, 9.17) is 4.98 Å². The lowest BCUT2D eigenvalue weighted by molar-refractivity contribution is 0.102. The molecule has 2 aromatic rings. The van der Waals surface area contributed by atoms with Gasteiger partial charge in [-0.3, -0.25) is 14.2 Å². The van der Waals surface area contributed by atoms with Crippen molar-refractivity contribution in [3.63, 3.8) is 0 Å². The Kier molecular flexibility index (Phi) is 4.23. The zero-order valence-corrected chi connectivity index (χ0v) is 15.6. The molecule has 6 heteroatoms. The van der Waals surface area contributed by atoms with Gasteiger partial charge in [0, 0.05) is 38.8 Å². The molecule has 0 N–H and O–H groups in total. The second-order valence-electron chi connectivity index (χ2n) is 7.19. The molecule has 0 saturated heterocycles. The molecule has 0 amide bonds. The first-order valence-corrected chi connectivity index (χ1v) is 9.85. The summed E-state index contributed by atoms with van der Waals surface area (Å²) in [4.78, 5) is 34.2.